The minimum atomic E-state index is -0.482. The van der Waals surface area contributed by atoms with Gasteiger partial charge in [-0.2, -0.15) is 0 Å². The summed E-state index contributed by atoms with van der Waals surface area (Å²) in [6, 6.07) is 13.7. The Hall–Kier alpha value is -3.21. The number of benzene rings is 2. The number of halogens is 1. The fourth-order valence-corrected chi connectivity index (χ4v) is 4.71. The van der Waals surface area contributed by atoms with Crippen molar-refractivity contribution >= 4 is 11.6 Å². The predicted octanol–water partition coefficient (Wildman–Crippen LogP) is 5.32. The molecule has 0 bridgehead atoms. The van der Waals surface area contributed by atoms with Gasteiger partial charge in [0.2, 0.25) is 0 Å². The summed E-state index contributed by atoms with van der Waals surface area (Å²) in [5.74, 6) is -0.197. The summed E-state index contributed by atoms with van der Waals surface area (Å²) in [7, 11) is 0. The number of Topliss-reactive ketones (excluding diaryl/α,β-unsaturated/α-hetero) is 2. The largest absolute Gasteiger partial charge is 0.454 e. The van der Waals surface area contributed by atoms with Crippen LogP contribution in [0.2, 0.25) is 0 Å². The van der Waals surface area contributed by atoms with Gasteiger partial charge in [0.05, 0.1) is 0 Å². The summed E-state index contributed by atoms with van der Waals surface area (Å²) < 4.78 is 20.3. The third-order valence-corrected chi connectivity index (χ3v) is 6.05. The second kappa shape index (κ2) is 7.56. The SMILES string of the molecule is O=C1CCCC2=C1C(c1ccc(F)c(Oc3ccccc3)c1)C1=C(CCCC1=O)N2. The molecule has 0 saturated carbocycles. The zero-order valence-electron chi connectivity index (χ0n) is 16.5. The second-order valence-electron chi connectivity index (χ2n) is 8.00. The summed E-state index contributed by atoms with van der Waals surface area (Å²) in [5.41, 5.74) is 3.87. The van der Waals surface area contributed by atoms with Crippen LogP contribution in [0.5, 0.6) is 11.5 Å². The number of ether oxygens (including phenoxy) is 1. The zero-order valence-corrected chi connectivity index (χ0v) is 16.5. The van der Waals surface area contributed by atoms with Crippen LogP contribution >= 0.6 is 0 Å². The lowest BCUT2D eigenvalue weighted by Gasteiger charge is -2.37. The second-order valence-corrected chi connectivity index (χ2v) is 8.00. The molecule has 0 unspecified atom stereocenters. The van der Waals surface area contributed by atoms with Crippen LogP contribution in [0.3, 0.4) is 0 Å². The van der Waals surface area contributed by atoms with Gasteiger partial charge in [0.1, 0.15) is 5.75 Å². The van der Waals surface area contributed by atoms with Crippen LogP contribution in [-0.4, -0.2) is 11.6 Å². The fraction of sp³-hybridized carbons (Fsp3) is 0.280. The van der Waals surface area contributed by atoms with Crippen LogP contribution in [0.25, 0.3) is 0 Å². The van der Waals surface area contributed by atoms with E-state index in [2.05, 4.69) is 5.32 Å². The molecule has 0 saturated heterocycles. The number of para-hydroxylation sites is 1. The van der Waals surface area contributed by atoms with Gasteiger partial charge in [-0.3, -0.25) is 9.59 Å². The van der Waals surface area contributed by atoms with Crippen molar-refractivity contribution in [2.75, 3.05) is 0 Å². The Kier molecular flexibility index (Phi) is 4.74. The van der Waals surface area contributed by atoms with Crippen molar-refractivity contribution in [2.24, 2.45) is 0 Å². The van der Waals surface area contributed by atoms with Crippen molar-refractivity contribution in [1.82, 2.24) is 5.32 Å². The summed E-state index contributed by atoms with van der Waals surface area (Å²) in [4.78, 5) is 25.8. The molecule has 2 aromatic rings. The van der Waals surface area contributed by atoms with Crippen LogP contribution < -0.4 is 10.1 Å². The van der Waals surface area contributed by atoms with E-state index in [1.165, 1.54) is 6.07 Å². The summed E-state index contributed by atoms with van der Waals surface area (Å²) >= 11 is 0. The van der Waals surface area contributed by atoms with Crippen molar-refractivity contribution in [3.63, 3.8) is 0 Å². The normalized spacial score (nSPS) is 19.4. The maximum Gasteiger partial charge on any atom is 0.165 e. The minimum absolute atomic E-state index is 0.0635. The molecule has 4 nitrogen and oxygen atoms in total. The molecule has 1 N–H and O–H groups in total. The van der Waals surface area contributed by atoms with Gasteiger partial charge >= 0.3 is 0 Å². The molecular weight excluding hydrogens is 381 g/mol. The molecule has 152 valence electrons. The molecule has 0 aromatic heterocycles. The average molecular weight is 403 g/mol. The van der Waals surface area contributed by atoms with Crippen molar-refractivity contribution in [1.29, 1.82) is 0 Å². The Morgan fingerprint density at radius 3 is 2.10 bits per heavy atom. The van der Waals surface area contributed by atoms with E-state index < -0.39 is 11.7 Å². The molecule has 0 amide bonds. The molecule has 0 atom stereocenters. The third-order valence-electron chi connectivity index (χ3n) is 6.05. The number of carbonyl (C=O) groups is 2. The van der Waals surface area contributed by atoms with Gasteiger partial charge in [0, 0.05) is 41.3 Å². The summed E-state index contributed by atoms with van der Waals surface area (Å²) in [6.45, 7) is 0. The van der Waals surface area contributed by atoms with E-state index >= 15 is 0 Å². The number of dihydropyridines is 1. The number of rotatable bonds is 3. The topological polar surface area (TPSA) is 55.4 Å². The van der Waals surface area contributed by atoms with Gasteiger partial charge in [-0.1, -0.05) is 24.3 Å². The van der Waals surface area contributed by atoms with Crippen LogP contribution in [0.4, 0.5) is 4.39 Å². The highest BCUT2D eigenvalue weighted by Crippen LogP contribution is 2.46. The highest BCUT2D eigenvalue weighted by molar-refractivity contribution is 6.06. The monoisotopic (exact) mass is 403 g/mol. The average Bonchev–Trinajstić information content (AvgIpc) is 2.75. The van der Waals surface area contributed by atoms with Crippen LogP contribution in [0.1, 0.15) is 50.0 Å². The van der Waals surface area contributed by atoms with Crippen molar-refractivity contribution in [2.45, 2.75) is 44.4 Å². The fourth-order valence-electron chi connectivity index (χ4n) is 4.71. The van der Waals surface area contributed by atoms with Crippen molar-refractivity contribution in [3.05, 3.63) is 82.5 Å². The van der Waals surface area contributed by atoms with Gasteiger partial charge in [-0.05, 0) is 55.5 Å². The first-order valence-electron chi connectivity index (χ1n) is 10.4. The maximum atomic E-state index is 14.5. The lowest BCUT2D eigenvalue weighted by Crippen LogP contribution is -2.36. The molecule has 0 radical (unpaired) electrons. The maximum absolute atomic E-state index is 14.5. The molecule has 5 heteroatoms. The number of hydrogen-bond acceptors (Lipinski definition) is 4. The number of hydrogen-bond donors (Lipinski definition) is 1. The molecule has 1 aliphatic heterocycles. The molecule has 3 aliphatic rings. The quantitative estimate of drug-likeness (QED) is 0.754. The number of allylic oxidation sites excluding steroid dienone is 4. The lowest BCUT2D eigenvalue weighted by molar-refractivity contribution is -0.116. The van der Waals surface area contributed by atoms with Gasteiger partial charge < -0.3 is 10.1 Å². The van der Waals surface area contributed by atoms with Gasteiger partial charge in [-0.15, -0.1) is 0 Å². The summed E-state index contributed by atoms with van der Waals surface area (Å²) in [5, 5.41) is 3.40. The van der Waals surface area contributed by atoms with E-state index in [4.69, 9.17) is 4.74 Å². The van der Waals surface area contributed by atoms with E-state index in [1.807, 2.05) is 18.2 Å². The Bertz CT molecular complexity index is 1060. The van der Waals surface area contributed by atoms with Gasteiger partial charge in [-0.25, -0.2) is 4.39 Å². The lowest BCUT2D eigenvalue weighted by atomic mass is 9.71. The number of carbonyl (C=O) groups excluding carboxylic acids is 2. The zero-order chi connectivity index (χ0) is 20.7. The standard InChI is InChI=1S/C25H22FNO3/c26-17-13-12-15(14-22(17)30-16-6-2-1-3-7-16)23-24-18(8-4-10-20(24)28)27-19-9-5-11-21(29)25(19)23/h1-3,6-7,12-14,23,27H,4-5,8-11H2. The third kappa shape index (κ3) is 3.24. The molecule has 0 spiro atoms. The molecule has 5 rings (SSSR count). The molecule has 2 aliphatic carbocycles. The molecule has 2 aromatic carbocycles. The Labute approximate surface area is 174 Å². The number of ketones is 2. The van der Waals surface area contributed by atoms with Crippen LogP contribution in [0.15, 0.2) is 71.1 Å². The van der Waals surface area contributed by atoms with Crippen LogP contribution in [-0.2, 0) is 9.59 Å². The van der Waals surface area contributed by atoms with E-state index in [-0.39, 0.29) is 17.3 Å². The summed E-state index contributed by atoms with van der Waals surface area (Å²) in [6.07, 6.45) is 4.14. The first kappa shape index (κ1) is 18.8. The predicted molar refractivity (Wildman–Crippen MR) is 111 cm³/mol. The Morgan fingerprint density at radius 1 is 0.833 bits per heavy atom. The highest BCUT2D eigenvalue weighted by Gasteiger charge is 2.40. The molecule has 1 heterocycles. The van der Waals surface area contributed by atoms with E-state index in [9.17, 15) is 14.0 Å². The van der Waals surface area contributed by atoms with Crippen molar-refractivity contribution in [3.8, 4) is 11.5 Å². The van der Waals surface area contributed by atoms with Crippen molar-refractivity contribution < 1.29 is 18.7 Å². The first-order chi connectivity index (χ1) is 14.6. The first-order valence-corrected chi connectivity index (χ1v) is 10.4. The molecular formula is C25H22FNO3. The van der Waals surface area contributed by atoms with E-state index in [0.29, 0.717) is 35.3 Å². The highest BCUT2D eigenvalue weighted by atomic mass is 19.1. The Morgan fingerprint density at radius 2 is 1.47 bits per heavy atom. The minimum Gasteiger partial charge on any atom is -0.454 e. The smallest absolute Gasteiger partial charge is 0.165 e. The van der Waals surface area contributed by atoms with E-state index in [1.54, 1.807) is 24.3 Å². The van der Waals surface area contributed by atoms with Crippen LogP contribution in [0, 0.1) is 5.82 Å². The molecule has 30 heavy (non-hydrogen) atoms. The van der Waals surface area contributed by atoms with Gasteiger partial charge in [0.25, 0.3) is 0 Å². The van der Waals surface area contributed by atoms with Gasteiger partial charge in [0.15, 0.2) is 23.1 Å². The van der Waals surface area contributed by atoms with E-state index in [0.717, 1.165) is 37.1 Å². The number of nitrogens with one attached hydrogen (secondary N) is 1. The Balaban J connectivity index is 1.62. The molecule has 0 fully saturated rings.